The van der Waals surface area contributed by atoms with Gasteiger partial charge in [0.15, 0.2) is 0 Å². The van der Waals surface area contributed by atoms with E-state index in [1.54, 1.807) is 24.8 Å². The van der Waals surface area contributed by atoms with Gasteiger partial charge >= 0.3 is 0 Å². The SMILES string of the molecule is Cc1ccc2nc(CCc3nc4c5ccccc5ccn4c3C)ccc2n1.Cc1nc(CCc2nc3c4ccccc4ccn3c2C)nc(C)c1Cl.Cc1nc(CCc2nc3c4ccccc4ccn3c2C)nc2cccnc12.Cc1nc(CCc2nc3c4ccccc4ccn3c2C)nc2ccncc12.Cc1nc(CCc2nc3c4ccccc4ccn3c2C)nc2cnccc12. The van der Waals surface area contributed by atoms with E-state index >= 15 is 0 Å². The van der Waals surface area contributed by atoms with E-state index in [0.29, 0.717) is 5.02 Å². The number of hydrogen-bond donors (Lipinski definition) is 0. The summed E-state index contributed by atoms with van der Waals surface area (Å²) in [6.07, 6.45) is 27.5. The maximum Gasteiger partial charge on any atom is 0.145 e. The van der Waals surface area contributed by atoms with Crippen LogP contribution in [0.4, 0.5) is 0 Å². The summed E-state index contributed by atoms with van der Waals surface area (Å²) >= 11 is 6.16. The molecular weight excluding hydrogens is 1670 g/mol. The number of fused-ring (bicyclic) bond motifs is 19. The van der Waals surface area contributed by atoms with Crippen molar-refractivity contribution in [2.24, 2.45) is 0 Å². The minimum Gasteiger partial charge on any atom is -0.304 e. The summed E-state index contributed by atoms with van der Waals surface area (Å²) < 4.78 is 10.9. The third kappa shape index (κ3) is 17.3. The standard InChI is InChI=1S/C23H20N4.3C22H19N5.C20H19ClN4/c1-15-7-10-22-21(24-15)12-9-18(25-22)8-11-20-16(2)27-14-13-17-5-3-4-6-19(17)23(27)26-20;1-14-21-19(8-5-12-23-21)25-20(24-14)10-9-18-15(2)27-13-11-16-6-3-4-7-17(16)22(27)26-18;1-14-17-9-11-23-13-20(17)25-21(24-14)8-7-19-15(2)27-12-10-16-5-3-4-6-18(16)22(27)26-19;1-14-18-13-23-11-9-20(18)25-21(24-14)8-7-19-15(2)27-12-10-16-5-3-4-6-17(16)22(27)26-19;1-12-19(21)13(2)23-18(22-12)9-8-17-14(3)25-11-10-15-6-4-5-7-16(15)20(25)24-17/h3-7,9-10,12-14H,8,11H2,1-2H3;3-8,11-13H,9-10H2,1-2H3;2*3-6,9-13H,7-8H2,1-2H3;4-7,10-11H,8-9H2,1-3H3. The summed E-state index contributed by atoms with van der Waals surface area (Å²) in [6.45, 7) is 22.5. The number of halogens is 1. The van der Waals surface area contributed by atoms with Crippen molar-refractivity contribution < 1.29 is 0 Å². The van der Waals surface area contributed by atoms with E-state index in [0.717, 1.165) is 228 Å². The molecule has 19 heterocycles. The average molecular weight is 1760 g/mol. The first-order valence-electron chi connectivity index (χ1n) is 45.1. The fourth-order valence-corrected chi connectivity index (χ4v) is 18.2. The summed E-state index contributed by atoms with van der Waals surface area (Å²) in [6, 6.07) is 68.6. The van der Waals surface area contributed by atoms with Crippen LogP contribution in [0.2, 0.25) is 5.02 Å². The van der Waals surface area contributed by atoms with Crippen molar-refractivity contribution >= 4 is 138 Å². The van der Waals surface area contributed by atoms with Gasteiger partial charge in [0.25, 0.3) is 0 Å². The van der Waals surface area contributed by atoms with Crippen molar-refractivity contribution in [3.8, 4) is 0 Å². The molecule has 0 bridgehead atoms. The number of aromatic nitrogens is 23. The second-order valence-corrected chi connectivity index (χ2v) is 34.3. The van der Waals surface area contributed by atoms with Gasteiger partial charge in [-0.25, -0.2) is 64.8 Å². The van der Waals surface area contributed by atoms with E-state index in [9.17, 15) is 0 Å². The smallest absolute Gasteiger partial charge is 0.145 e. The Morgan fingerprint density at radius 3 is 1.02 bits per heavy atom. The Balaban J connectivity index is 0.000000103. The molecule has 19 aromatic heterocycles. The highest BCUT2D eigenvalue weighted by Crippen LogP contribution is 2.31. The number of benzene rings is 5. The first-order valence-corrected chi connectivity index (χ1v) is 45.4. The molecular formula is C109H96ClN23. The molecule has 24 aromatic rings. The Kier molecular flexibility index (Phi) is 23.5. The van der Waals surface area contributed by atoms with Crippen molar-refractivity contribution in [3.05, 3.63) is 387 Å². The Morgan fingerprint density at radius 1 is 0.233 bits per heavy atom. The van der Waals surface area contributed by atoms with Crippen LogP contribution in [0.3, 0.4) is 0 Å². The van der Waals surface area contributed by atoms with E-state index in [1.807, 2.05) is 84.1 Å². The second kappa shape index (κ2) is 36.7. The minimum atomic E-state index is 0.652. The molecule has 0 radical (unpaired) electrons. The Hall–Kier alpha value is -15.8. The Labute approximate surface area is 772 Å². The number of imidazole rings is 5. The highest BCUT2D eigenvalue weighted by Gasteiger charge is 2.21. The predicted molar refractivity (Wildman–Crippen MR) is 531 cm³/mol. The predicted octanol–water partition coefficient (Wildman–Crippen LogP) is 22.2. The largest absolute Gasteiger partial charge is 0.304 e. The molecule has 23 nitrogen and oxygen atoms in total. The summed E-state index contributed by atoms with van der Waals surface area (Å²) in [4.78, 5) is 83.7. The van der Waals surface area contributed by atoms with Crippen LogP contribution in [0.15, 0.2) is 262 Å². The topological polar surface area (TPSA) is 254 Å². The van der Waals surface area contributed by atoms with Gasteiger partial charge in [-0.2, -0.15) is 0 Å². The summed E-state index contributed by atoms with van der Waals surface area (Å²) in [7, 11) is 0. The molecule has 0 N–H and O–H groups in total. The molecule has 0 aliphatic carbocycles. The monoisotopic (exact) mass is 1760 g/mol. The van der Waals surface area contributed by atoms with Crippen LogP contribution in [0.25, 0.3) is 126 Å². The first-order chi connectivity index (χ1) is 64.8. The Morgan fingerprint density at radius 2 is 0.579 bits per heavy atom. The van der Waals surface area contributed by atoms with Gasteiger partial charge < -0.3 is 22.0 Å². The second-order valence-electron chi connectivity index (χ2n) is 34.0. The van der Waals surface area contributed by atoms with Crippen molar-refractivity contribution in [2.45, 2.75) is 140 Å². The maximum atomic E-state index is 6.16. The van der Waals surface area contributed by atoms with E-state index in [2.05, 4.69) is 306 Å². The molecule has 0 spiro atoms. The molecule has 0 unspecified atom stereocenters. The van der Waals surface area contributed by atoms with Gasteiger partial charge in [0.1, 0.15) is 57.1 Å². The molecule has 24 heteroatoms. The third-order valence-corrected chi connectivity index (χ3v) is 25.9. The van der Waals surface area contributed by atoms with Crippen LogP contribution in [0, 0.1) is 76.2 Å². The zero-order chi connectivity index (χ0) is 91.1. The summed E-state index contributed by atoms with van der Waals surface area (Å²) in [5.41, 5.74) is 28.7. The molecule has 0 aliphatic rings. The lowest BCUT2D eigenvalue weighted by Gasteiger charge is -2.05. The highest BCUT2D eigenvalue weighted by molar-refractivity contribution is 6.31. The molecule has 0 aliphatic heterocycles. The minimum absolute atomic E-state index is 0.652. The molecule has 0 saturated carbocycles. The molecule has 0 atom stereocenters. The molecule has 24 rings (SSSR count). The molecule has 0 fully saturated rings. The average Bonchev–Trinajstić information content (AvgIpc) is 1.64. The van der Waals surface area contributed by atoms with Gasteiger partial charge in [-0.15, -0.1) is 0 Å². The lowest BCUT2D eigenvalue weighted by atomic mass is 10.1. The van der Waals surface area contributed by atoms with Crippen molar-refractivity contribution in [1.29, 1.82) is 0 Å². The molecule has 0 amide bonds. The Bertz CT molecular complexity index is 8110. The van der Waals surface area contributed by atoms with Gasteiger partial charge in [-0.05, 0) is 220 Å². The van der Waals surface area contributed by atoms with Crippen LogP contribution in [-0.2, 0) is 64.2 Å². The normalized spacial score (nSPS) is 11.6. The summed E-state index contributed by atoms with van der Waals surface area (Å²) in [5, 5.41) is 14.7. The lowest BCUT2D eigenvalue weighted by Crippen LogP contribution is -2.03. The van der Waals surface area contributed by atoms with Crippen LogP contribution in [0.1, 0.15) is 120 Å². The quantitative estimate of drug-likeness (QED) is 0.0924. The fraction of sp³-hybridized carbons (Fsp3) is 0.193. The third-order valence-electron chi connectivity index (χ3n) is 25.3. The van der Waals surface area contributed by atoms with Crippen LogP contribution in [-0.4, -0.2) is 112 Å². The molecule has 0 saturated heterocycles. The first kappa shape index (κ1) is 85.4. The number of pyridine rings is 10. The number of nitrogens with zero attached hydrogens (tertiary/aromatic N) is 23. The van der Waals surface area contributed by atoms with E-state index in [-0.39, 0.29) is 0 Å². The fourth-order valence-electron chi connectivity index (χ4n) is 18.1. The molecule has 133 heavy (non-hydrogen) atoms. The zero-order valence-electron chi connectivity index (χ0n) is 76.1. The van der Waals surface area contributed by atoms with E-state index in [4.69, 9.17) is 46.5 Å². The number of hydrogen-bond acceptors (Lipinski definition) is 18. The van der Waals surface area contributed by atoms with Crippen molar-refractivity contribution in [3.63, 3.8) is 0 Å². The van der Waals surface area contributed by atoms with Crippen LogP contribution < -0.4 is 0 Å². The molecule has 654 valence electrons. The number of aryl methyl sites for hydroxylation is 21. The summed E-state index contributed by atoms with van der Waals surface area (Å²) in [5.74, 6) is 3.36. The van der Waals surface area contributed by atoms with Gasteiger partial charge in [0.05, 0.1) is 90.0 Å². The van der Waals surface area contributed by atoms with Gasteiger partial charge in [0, 0.05) is 165 Å². The van der Waals surface area contributed by atoms with Gasteiger partial charge in [0.2, 0.25) is 0 Å². The van der Waals surface area contributed by atoms with Crippen molar-refractivity contribution in [2.75, 3.05) is 0 Å². The highest BCUT2D eigenvalue weighted by atomic mass is 35.5. The molecule has 5 aromatic carbocycles. The van der Waals surface area contributed by atoms with Gasteiger partial charge in [-0.3, -0.25) is 24.9 Å². The van der Waals surface area contributed by atoms with Crippen molar-refractivity contribution in [1.82, 2.24) is 112 Å². The maximum absolute atomic E-state index is 6.16. The van der Waals surface area contributed by atoms with Crippen LogP contribution >= 0.6 is 11.6 Å². The van der Waals surface area contributed by atoms with E-state index < -0.39 is 0 Å². The number of rotatable bonds is 15. The van der Waals surface area contributed by atoms with Gasteiger partial charge in [-0.1, -0.05) is 133 Å². The van der Waals surface area contributed by atoms with E-state index in [1.165, 1.54) is 82.3 Å². The lowest BCUT2D eigenvalue weighted by molar-refractivity contribution is 0.816. The zero-order valence-corrected chi connectivity index (χ0v) is 76.8. The van der Waals surface area contributed by atoms with Crippen LogP contribution in [0.5, 0.6) is 0 Å².